The van der Waals surface area contributed by atoms with Crippen molar-refractivity contribution in [1.82, 2.24) is 0 Å². The van der Waals surface area contributed by atoms with Crippen LogP contribution in [0.3, 0.4) is 0 Å². The molecule has 0 radical (unpaired) electrons. The van der Waals surface area contributed by atoms with E-state index in [1.165, 1.54) is 22.5 Å². The van der Waals surface area contributed by atoms with Gasteiger partial charge in [0.2, 0.25) is 0 Å². The maximum absolute atomic E-state index is 9.79. The Bertz CT molecular complexity index is 688. The van der Waals surface area contributed by atoms with Gasteiger partial charge in [0, 0.05) is 39.6 Å². The average Bonchev–Trinajstić information content (AvgIpc) is 2.54. The highest BCUT2D eigenvalue weighted by Crippen LogP contribution is 2.24. The molecule has 25 heavy (non-hydrogen) atoms. The minimum absolute atomic E-state index is 0.132. The van der Waals surface area contributed by atoms with Gasteiger partial charge in [0.15, 0.2) is 0 Å². The lowest BCUT2D eigenvalue weighted by atomic mass is 10.0. The first-order valence-electron chi connectivity index (χ1n) is 8.14. The predicted octanol–water partition coefficient (Wildman–Crippen LogP) is 3.77. The van der Waals surface area contributed by atoms with Crippen LogP contribution in [0.4, 0.5) is 11.4 Å². The molecule has 0 aliphatic carbocycles. The van der Waals surface area contributed by atoms with Gasteiger partial charge in [-0.05, 0) is 41.8 Å². The Morgan fingerprint density at radius 2 is 1.08 bits per heavy atom. The molecule has 0 aliphatic rings. The van der Waals surface area contributed by atoms with E-state index in [-0.39, 0.29) is 5.75 Å². The van der Waals surface area contributed by atoms with Crippen LogP contribution in [-0.4, -0.2) is 46.9 Å². The number of hydrogen-bond acceptors (Lipinski definition) is 4. The Labute approximate surface area is 151 Å². The van der Waals surface area contributed by atoms with Crippen molar-refractivity contribution in [3.05, 3.63) is 48.5 Å². The van der Waals surface area contributed by atoms with Crippen LogP contribution in [0.25, 0.3) is 11.1 Å². The van der Waals surface area contributed by atoms with Crippen molar-refractivity contribution in [2.45, 2.75) is 13.3 Å². The second kappa shape index (κ2) is 9.44. The van der Waals surface area contributed by atoms with Crippen molar-refractivity contribution in [3.63, 3.8) is 0 Å². The van der Waals surface area contributed by atoms with Gasteiger partial charge < -0.3 is 9.80 Å². The molecule has 0 unspecified atom stereocenters. The molecule has 0 saturated carbocycles. The standard InChI is InChI=1S/C16H20N2.C3H8O3S/c1-17(2)15-9-5-13(6-10-15)14-7-11-16(12-8-14)18(3)4;1-2-3-7(4,5)6/h5-12H,1-4H3;2-3H2,1H3,(H,4,5,6). The summed E-state index contributed by atoms with van der Waals surface area (Å²) in [7, 11) is 4.55. The van der Waals surface area contributed by atoms with Gasteiger partial charge in [0.1, 0.15) is 0 Å². The van der Waals surface area contributed by atoms with Crippen molar-refractivity contribution >= 4 is 21.5 Å². The van der Waals surface area contributed by atoms with E-state index in [0.717, 1.165) is 0 Å². The van der Waals surface area contributed by atoms with Crippen molar-refractivity contribution < 1.29 is 13.0 Å². The van der Waals surface area contributed by atoms with E-state index in [2.05, 4.69) is 86.5 Å². The highest BCUT2D eigenvalue weighted by atomic mass is 32.2. The maximum atomic E-state index is 9.79. The molecule has 6 heteroatoms. The van der Waals surface area contributed by atoms with Crippen molar-refractivity contribution in [1.29, 1.82) is 0 Å². The van der Waals surface area contributed by atoms with Gasteiger partial charge >= 0.3 is 0 Å². The van der Waals surface area contributed by atoms with Crippen LogP contribution in [0.5, 0.6) is 0 Å². The summed E-state index contributed by atoms with van der Waals surface area (Å²) in [6.45, 7) is 1.69. The van der Waals surface area contributed by atoms with Crippen LogP contribution < -0.4 is 9.80 Å². The Morgan fingerprint density at radius 1 is 0.760 bits per heavy atom. The van der Waals surface area contributed by atoms with E-state index in [9.17, 15) is 8.42 Å². The smallest absolute Gasteiger partial charge is 0.264 e. The highest BCUT2D eigenvalue weighted by Gasteiger charge is 2.00. The fraction of sp³-hybridized carbons (Fsp3) is 0.368. The molecule has 0 atom stereocenters. The van der Waals surface area contributed by atoms with E-state index >= 15 is 0 Å². The van der Waals surface area contributed by atoms with Gasteiger partial charge in [0.25, 0.3) is 10.1 Å². The highest BCUT2D eigenvalue weighted by molar-refractivity contribution is 7.85. The van der Waals surface area contributed by atoms with E-state index < -0.39 is 10.1 Å². The number of nitrogens with zero attached hydrogens (tertiary/aromatic N) is 2. The Morgan fingerprint density at radius 3 is 1.24 bits per heavy atom. The first-order valence-corrected chi connectivity index (χ1v) is 9.75. The summed E-state index contributed by atoms with van der Waals surface area (Å²) >= 11 is 0. The second-order valence-corrected chi connectivity index (χ2v) is 7.74. The molecule has 138 valence electrons. The van der Waals surface area contributed by atoms with E-state index in [0.29, 0.717) is 6.42 Å². The zero-order valence-electron chi connectivity index (χ0n) is 15.6. The summed E-state index contributed by atoms with van der Waals surface area (Å²) < 4.78 is 27.6. The maximum Gasteiger partial charge on any atom is 0.264 e. The third-order valence-corrected chi connectivity index (χ3v) is 4.49. The third kappa shape index (κ3) is 7.58. The molecule has 0 spiro atoms. The lowest BCUT2D eigenvalue weighted by Gasteiger charge is -2.14. The van der Waals surface area contributed by atoms with Crippen LogP contribution in [-0.2, 0) is 10.1 Å². The fourth-order valence-electron chi connectivity index (χ4n) is 2.16. The van der Waals surface area contributed by atoms with Crippen LogP contribution >= 0.6 is 0 Å². The average molecular weight is 365 g/mol. The largest absolute Gasteiger partial charge is 0.378 e. The van der Waals surface area contributed by atoms with Gasteiger partial charge in [-0.15, -0.1) is 0 Å². The topological polar surface area (TPSA) is 60.9 Å². The summed E-state index contributed by atoms with van der Waals surface area (Å²) in [4.78, 5) is 4.22. The molecular weight excluding hydrogens is 336 g/mol. The number of hydrogen-bond donors (Lipinski definition) is 1. The summed E-state index contributed by atoms with van der Waals surface area (Å²) in [5.74, 6) is -0.132. The first kappa shape index (κ1) is 21.0. The van der Waals surface area contributed by atoms with Crippen molar-refractivity contribution in [2.75, 3.05) is 43.7 Å². The van der Waals surface area contributed by atoms with Gasteiger partial charge in [0.05, 0.1) is 5.75 Å². The molecule has 1 N–H and O–H groups in total. The summed E-state index contributed by atoms with van der Waals surface area (Å²) in [6.07, 6.45) is 0.471. The zero-order chi connectivity index (χ0) is 19.0. The van der Waals surface area contributed by atoms with Crippen LogP contribution in [0, 0.1) is 0 Å². The summed E-state index contributed by atoms with van der Waals surface area (Å²) in [5, 5.41) is 0. The molecule has 0 amide bonds. The number of benzene rings is 2. The molecule has 5 nitrogen and oxygen atoms in total. The van der Waals surface area contributed by atoms with Crippen LogP contribution in [0.2, 0.25) is 0 Å². The summed E-state index contributed by atoms with van der Waals surface area (Å²) in [6, 6.07) is 17.3. The van der Waals surface area contributed by atoms with Crippen LogP contribution in [0.1, 0.15) is 13.3 Å². The lowest BCUT2D eigenvalue weighted by molar-refractivity contribution is 0.482. The molecule has 0 bridgehead atoms. The second-order valence-electron chi connectivity index (χ2n) is 6.17. The zero-order valence-corrected chi connectivity index (χ0v) is 16.4. The number of anilines is 2. The molecule has 0 aliphatic heterocycles. The Balaban J connectivity index is 0.000000381. The SMILES string of the molecule is CCCS(=O)(=O)O.CN(C)c1ccc(-c2ccc(N(C)C)cc2)cc1. The van der Waals surface area contributed by atoms with E-state index in [1.54, 1.807) is 6.92 Å². The lowest BCUT2D eigenvalue weighted by Crippen LogP contribution is -2.08. The van der Waals surface area contributed by atoms with Crippen molar-refractivity contribution in [3.8, 4) is 11.1 Å². The molecule has 0 saturated heterocycles. The molecule has 2 aromatic rings. The van der Waals surface area contributed by atoms with Crippen LogP contribution in [0.15, 0.2) is 48.5 Å². The monoisotopic (exact) mass is 364 g/mol. The van der Waals surface area contributed by atoms with E-state index in [4.69, 9.17) is 4.55 Å². The number of rotatable bonds is 5. The minimum atomic E-state index is -3.67. The molecule has 2 aromatic carbocycles. The summed E-state index contributed by atoms with van der Waals surface area (Å²) in [5.41, 5.74) is 4.96. The van der Waals surface area contributed by atoms with Gasteiger partial charge in [-0.2, -0.15) is 8.42 Å². The predicted molar refractivity (Wildman–Crippen MR) is 107 cm³/mol. The molecule has 0 heterocycles. The van der Waals surface area contributed by atoms with Gasteiger partial charge in [-0.3, -0.25) is 4.55 Å². The van der Waals surface area contributed by atoms with Gasteiger partial charge in [-0.1, -0.05) is 31.2 Å². The molecule has 0 fully saturated rings. The Hall–Kier alpha value is -2.05. The van der Waals surface area contributed by atoms with E-state index in [1.807, 2.05) is 0 Å². The third-order valence-electron chi connectivity index (χ3n) is 3.56. The fourth-order valence-corrected chi connectivity index (χ4v) is 2.68. The van der Waals surface area contributed by atoms with Gasteiger partial charge in [-0.25, -0.2) is 0 Å². The molecule has 2 rings (SSSR count). The quantitative estimate of drug-likeness (QED) is 0.819. The first-order chi connectivity index (χ1) is 11.6. The molecule has 0 aromatic heterocycles. The Kier molecular flexibility index (Phi) is 7.93. The normalized spacial score (nSPS) is 10.6. The minimum Gasteiger partial charge on any atom is -0.378 e. The molecular formula is C19H28N2O3S. The van der Waals surface area contributed by atoms with Crippen molar-refractivity contribution in [2.24, 2.45) is 0 Å².